The van der Waals surface area contributed by atoms with Crippen LogP contribution in [0.4, 0.5) is 5.82 Å². The van der Waals surface area contributed by atoms with Crippen LogP contribution in [0.1, 0.15) is 19.8 Å². The van der Waals surface area contributed by atoms with E-state index in [2.05, 4.69) is 22.2 Å². The maximum absolute atomic E-state index is 6.18. The van der Waals surface area contributed by atoms with Crippen molar-refractivity contribution >= 4 is 28.3 Å². The van der Waals surface area contributed by atoms with Crippen LogP contribution < -0.4 is 5.32 Å². The predicted molar refractivity (Wildman–Crippen MR) is 72.6 cm³/mol. The number of aromatic nitrogens is 2. The van der Waals surface area contributed by atoms with Crippen molar-refractivity contribution in [1.82, 2.24) is 9.97 Å². The molecule has 0 radical (unpaired) electrons. The summed E-state index contributed by atoms with van der Waals surface area (Å²) >= 11 is 6.18. The van der Waals surface area contributed by atoms with Gasteiger partial charge in [0.05, 0.1) is 10.9 Å². The summed E-state index contributed by atoms with van der Waals surface area (Å²) in [4.78, 5) is 8.48. The summed E-state index contributed by atoms with van der Waals surface area (Å²) in [6, 6.07) is 7.95. The molecule has 1 N–H and O–H groups in total. The van der Waals surface area contributed by atoms with Crippen LogP contribution in [0.5, 0.6) is 0 Å². The first-order chi connectivity index (χ1) is 8.31. The summed E-state index contributed by atoms with van der Waals surface area (Å²) in [6.45, 7) is 2.87. The second-order valence-electron chi connectivity index (χ2n) is 4.01. The van der Waals surface area contributed by atoms with Crippen molar-refractivity contribution in [3.05, 3.63) is 30.6 Å². The van der Waals surface area contributed by atoms with E-state index in [4.69, 9.17) is 11.6 Å². The lowest BCUT2D eigenvalue weighted by molar-refractivity contribution is 0.751. The molecule has 2 rings (SSSR count). The van der Waals surface area contributed by atoms with Crippen molar-refractivity contribution in [3.8, 4) is 0 Å². The van der Waals surface area contributed by atoms with E-state index >= 15 is 0 Å². The van der Waals surface area contributed by atoms with Crippen LogP contribution in [0.25, 0.3) is 10.9 Å². The van der Waals surface area contributed by atoms with Crippen molar-refractivity contribution < 1.29 is 0 Å². The molecule has 17 heavy (non-hydrogen) atoms. The van der Waals surface area contributed by atoms with Gasteiger partial charge in [-0.15, -0.1) is 11.6 Å². The highest BCUT2D eigenvalue weighted by Gasteiger charge is 2.06. The van der Waals surface area contributed by atoms with Crippen LogP contribution in [0.3, 0.4) is 0 Å². The van der Waals surface area contributed by atoms with Crippen molar-refractivity contribution in [2.24, 2.45) is 0 Å². The van der Waals surface area contributed by atoms with Gasteiger partial charge in [-0.25, -0.2) is 9.97 Å². The summed E-state index contributed by atoms with van der Waals surface area (Å²) in [6.07, 6.45) is 3.69. The third-order valence-corrected chi connectivity index (χ3v) is 3.01. The van der Waals surface area contributed by atoms with Crippen LogP contribution in [0.15, 0.2) is 30.6 Å². The molecule has 4 heteroatoms. The van der Waals surface area contributed by atoms with E-state index in [9.17, 15) is 0 Å². The number of anilines is 1. The molecule has 1 aromatic carbocycles. The zero-order valence-corrected chi connectivity index (χ0v) is 10.6. The van der Waals surface area contributed by atoms with Crippen LogP contribution in [-0.4, -0.2) is 21.9 Å². The van der Waals surface area contributed by atoms with E-state index < -0.39 is 0 Å². The fourth-order valence-electron chi connectivity index (χ4n) is 1.77. The molecule has 3 nitrogen and oxygen atoms in total. The summed E-state index contributed by atoms with van der Waals surface area (Å²) in [5.74, 6) is 0.859. The molecule has 0 saturated carbocycles. The number of para-hydroxylation sites is 1. The first kappa shape index (κ1) is 12.1. The van der Waals surface area contributed by atoms with Gasteiger partial charge < -0.3 is 5.32 Å². The Labute approximate surface area is 106 Å². The molecule has 1 heterocycles. The molecule has 0 amide bonds. The van der Waals surface area contributed by atoms with Gasteiger partial charge >= 0.3 is 0 Å². The van der Waals surface area contributed by atoms with Gasteiger partial charge in [-0.2, -0.15) is 0 Å². The fraction of sp³-hybridized carbons (Fsp3) is 0.385. The molecule has 0 saturated heterocycles. The maximum Gasteiger partial charge on any atom is 0.137 e. The molecule has 0 spiro atoms. The molecular formula is C13H16ClN3. The fourth-order valence-corrected chi connectivity index (χ4v) is 2.06. The molecule has 90 valence electrons. The first-order valence-corrected chi connectivity index (χ1v) is 6.32. The minimum atomic E-state index is 0.147. The van der Waals surface area contributed by atoms with Crippen LogP contribution in [-0.2, 0) is 0 Å². The molecule has 0 aliphatic carbocycles. The van der Waals surface area contributed by atoms with Gasteiger partial charge in [-0.05, 0) is 18.6 Å². The molecule has 0 fully saturated rings. The van der Waals surface area contributed by atoms with Crippen molar-refractivity contribution in [2.75, 3.05) is 11.9 Å². The van der Waals surface area contributed by atoms with Crippen molar-refractivity contribution in [3.63, 3.8) is 0 Å². The van der Waals surface area contributed by atoms with Crippen LogP contribution in [0, 0.1) is 0 Å². The molecule has 1 aromatic heterocycles. The Hall–Kier alpha value is -1.35. The van der Waals surface area contributed by atoms with Gasteiger partial charge in [0.2, 0.25) is 0 Å². The average Bonchev–Trinajstić information content (AvgIpc) is 2.36. The standard InChI is InChI=1S/C13H16ClN3/c1-2-5-10(14)8-15-13-11-6-3-4-7-12(11)16-9-17-13/h3-4,6-7,9-10H,2,5,8H2,1H3,(H,15,16,17). The second-order valence-corrected chi connectivity index (χ2v) is 4.62. The van der Waals surface area contributed by atoms with E-state index in [0.717, 1.165) is 36.1 Å². The Morgan fingerprint density at radius 3 is 2.94 bits per heavy atom. The van der Waals surface area contributed by atoms with Crippen molar-refractivity contribution in [1.29, 1.82) is 0 Å². The number of hydrogen-bond acceptors (Lipinski definition) is 3. The number of fused-ring (bicyclic) bond motifs is 1. The molecule has 0 bridgehead atoms. The van der Waals surface area contributed by atoms with Gasteiger partial charge in [0.25, 0.3) is 0 Å². The normalized spacial score (nSPS) is 12.6. The SMILES string of the molecule is CCCC(Cl)CNc1ncnc2ccccc12. The minimum absolute atomic E-state index is 0.147. The zero-order chi connectivity index (χ0) is 12.1. The van der Waals surface area contributed by atoms with Gasteiger partial charge in [-0.3, -0.25) is 0 Å². The average molecular weight is 250 g/mol. The van der Waals surface area contributed by atoms with Crippen LogP contribution >= 0.6 is 11.6 Å². The largest absolute Gasteiger partial charge is 0.368 e. The highest BCUT2D eigenvalue weighted by Crippen LogP contribution is 2.18. The summed E-state index contributed by atoms with van der Waals surface area (Å²) < 4.78 is 0. The number of hydrogen-bond donors (Lipinski definition) is 1. The number of halogens is 1. The molecule has 1 atom stereocenters. The summed E-state index contributed by atoms with van der Waals surface area (Å²) in [7, 11) is 0. The smallest absolute Gasteiger partial charge is 0.137 e. The van der Waals surface area contributed by atoms with Gasteiger partial charge in [0.1, 0.15) is 12.1 Å². The minimum Gasteiger partial charge on any atom is -0.368 e. The molecule has 0 aliphatic heterocycles. The zero-order valence-electron chi connectivity index (χ0n) is 9.86. The van der Waals surface area contributed by atoms with E-state index in [1.807, 2.05) is 24.3 Å². The van der Waals surface area contributed by atoms with E-state index in [-0.39, 0.29) is 5.38 Å². The lowest BCUT2D eigenvalue weighted by Gasteiger charge is -2.11. The Kier molecular flexibility index (Phi) is 4.15. The number of rotatable bonds is 5. The molecule has 0 aliphatic rings. The lowest BCUT2D eigenvalue weighted by atomic mass is 10.2. The Morgan fingerprint density at radius 2 is 2.12 bits per heavy atom. The van der Waals surface area contributed by atoms with Gasteiger partial charge in [0, 0.05) is 11.9 Å². The Bertz CT molecular complexity index is 482. The number of benzene rings is 1. The number of nitrogens with zero attached hydrogens (tertiary/aromatic N) is 2. The van der Waals surface area contributed by atoms with E-state index in [1.165, 1.54) is 0 Å². The quantitative estimate of drug-likeness (QED) is 0.825. The van der Waals surface area contributed by atoms with Crippen molar-refractivity contribution in [2.45, 2.75) is 25.1 Å². The highest BCUT2D eigenvalue weighted by atomic mass is 35.5. The lowest BCUT2D eigenvalue weighted by Crippen LogP contribution is -2.14. The van der Waals surface area contributed by atoms with Gasteiger partial charge in [0.15, 0.2) is 0 Å². The van der Waals surface area contributed by atoms with E-state index in [0.29, 0.717) is 0 Å². The molecular weight excluding hydrogens is 234 g/mol. The maximum atomic E-state index is 6.18. The summed E-state index contributed by atoms with van der Waals surface area (Å²) in [5.41, 5.74) is 0.951. The van der Waals surface area contributed by atoms with Crippen LogP contribution in [0.2, 0.25) is 0 Å². The molecule has 1 unspecified atom stereocenters. The first-order valence-electron chi connectivity index (χ1n) is 5.89. The Morgan fingerprint density at radius 1 is 1.29 bits per heavy atom. The monoisotopic (exact) mass is 249 g/mol. The highest BCUT2D eigenvalue weighted by molar-refractivity contribution is 6.20. The van der Waals surface area contributed by atoms with E-state index in [1.54, 1.807) is 6.33 Å². The summed E-state index contributed by atoms with van der Waals surface area (Å²) in [5, 5.41) is 4.47. The molecule has 2 aromatic rings. The predicted octanol–water partition coefficient (Wildman–Crippen LogP) is 3.45. The second kappa shape index (κ2) is 5.82. The third-order valence-electron chi connectivity index (χ3n) is 2.64. The topological polar surface area (TPSA) is 37.8 Å². The third kappa shape index (κ3) is 3.07. The number of alkyl halides is 1. The number of nitrogens with one attached hydrogen (secondary N) is 1. The van der Waals surface area contributed by atoms with Gasteiger partial charge in [-0.1, -0.05) is 25.5 Å². The Balaban J connectivity index is 2.13.